The van der Waals surface area contributed by atoms with Crippen LogP contribution in [0.2, 0.25) is 0 Å². The van der Waals surface area contributed by atoms with Crippen molar-refractivity contribution in [2.45, 2.75) is 6.61 Å². The Bertz CT molecular complexity index is 2610. The van der Waals surface area contributed by atoms with E-state index in [1.807, 2.05) is 48.6 Å². The number of hydrogen-bond donors (Lipinski definition) is 3. The van der Waals surface area contributed by atoms with Crippen molar-refractivity contribution in [1.29, 1.82) is 0 Å². The monoisotopic (exact) mass is 708 g/mol. The molecular weight excluding hydrogens is 678 g/mol. The predicted octanol–water partition coefficient (Wildman–Crippen LogP) is 10.8. The molecule has 0 fully saturated rings. The molecule has 7 aromatic rings. The summed E-state index contributed by atoms with van der Waals surface area (Å²) in [6.45, 7) is -0.188. The summed E-state index contributed by atoms with van der Waals surface area (Å²) in [5.41, 5.74) is 15.8. The minimum atomic E-state index is -0.188. The summed E-state index contributed by atoms with van der Waals surface area (Å²) in [4.78, 5) is 18.1. The van der Waals surface area contributed by atoms with Gasteiger partial charge >= 0.3 is 0 Å². The van der Waals surface area contributed by atoms with E-state index in [4.69, 9.17) is 9.97 Å². The minimum Gasteiger partial charge on any atom is -0.392 e. The van der Waals surface area contributed by atoms with Crippen molar-refractivity contribution < 1.29 is 24.6 Å². The van der Waals surface area contributed by atoms with E-state index >= 15 is 0 Å². The summed E-state index contributed by atoms with van der Waals surface area (Å²) in [6.07, 6.45) is 8.27. The van der Waals surface area contributed by atoms with Gasteiger partial charge in [-0.3, -0.25) is 0 Å². The smallest absolute Gasteiger partial charge is 0.0737 e. The van der Waals surface area contributed by atoms with Crippen LogP contribution in [-0.2, 0) is 26.1 Å². The van der Waals surface area contributed by atoms with Crippen molar-refractivity contribution in [1.82, 2.24) is 19.9 Å². The van der Waals surface area contributed by atoms with Crippen molar-refractivity contribution in [3.8, 4) is 44.5 Å². The summed E-state index contributed by atoms with van der Waals surface area (Å²) < 4.78 is 0. The number of H-pyrrole nitrogens is 2. The fraction of sp³-hybridized carbons (Fsp3) is 0.0222. The van der Waals surface area contributed by atoms with Crippen molar-refractivity contribution in [3.05, 3.63) is 168 Å². The molecule has 4 aromatic carbocycles. The number of aromatic nitrogens is 4. The number of rotatable bonds is 5. The average molecular weight is 710 g/mol. The number of fused-ring (bicyclic) bond motifs is 8. The Morgan fingerprint density at radius 3 is 1.33 bits per heavy atom. The molecular formula is C45H32N4OZn. The second-order valence-electron chi connectivity index (χ2n) is 12.4. The third-order valence-electron chi connectivity index (χ3n) is 9.41. The first-order valence-electron chi connectivity index (χ1n) is 16.8. The van der Waals surface area contributed by atoms with Crippen LogP contribution in [0.4, 0.5) is 0 Å². The second kappa shape index (κ2) is 13.8. The van der Waals surface area contributed by atoms with E-state index in [1.54, 1.807) is 0 Å². The molecule has 0 radical (unpaired) electrons. The number of hydrogen-bond acceptors (Lipinski definition) is 3. The van der Waals surface area contributed by atoms with Crippen LogP contribution in [0, 0.1) is 0 Å². The summed E-state index contributed by atoms with van der Waals surface area (Å²) in [5, 5.41) is 10.9. The van der Waals surface area contributed by atoms with Gasteiger partial charge in [0.1, 0.15) is 0 Å². The number of aromatic amines is 2. The molecule has 0 amide bonds. The molecule has 2 aliphatic rings. The van der Waals surface area contributed by atoms with Gasteiger partial charge in [0.2, 0.25) is 0 Å². The first-order valence-corrected chi connectivity index (χ1v) is 16.8. The van der Waals surface area contributed by atoms with Crippen LogP contribution in [0.5, 0.6) is 0 Å². The molecule has 0 spiro atoms. The van der Waals surface area contributed by atoms with Crippen LogP contribution >= 0.6 is 0 Å². The van der Waals surface area contributed by atoms with E-state index in [-0.39, 0.29) is 26.1 Å². The molecule has 5 nitrogen and oxygen atoms in total. The van der Waals surface area contributed by atoms with Gasteiger partial charge in [0, 0.05) is 63.8 Å². The fourth-order valence-electron chi connectivity index (χ4n) is 7.08. The molecule has 8 bridgehead atoms. The van der Waals surface area contributed by atoms with Gasteiger partial charge in [-0.15, -0.1) is 0 Å². The molecule has 5 heterocycles. The summed E-state index contributed by atoms with van der Waals surface area (Å²) in [7, 11) is 0. The van der Waals surface area contributed by atoms with Gasteiger partial charge < -0.3 is 15.1 Å². The van der Waals surface area contributed by atoms with Crippen molar-refractivity contribution in [2.75, 3.05) is 0 Å². The van der Waals surface area contributed by atoms with Crippen LogP contribution in [0.3, 0.4) is 0 Å². The van der Waals surface area contributed by atoms with Crippen molar-refractivity contribution in [2.24, 2.45) is 0 Å². The van der Waals surface area contributed by atoms with Crippen LogP contribution < -0.4 is 0 Å². The largest absolute Gasteiger partial charge is 0.392 e. The molecule has 0 aliphatic carbocycles. The summed E-state index contributed by atoms with van der Waals surface area (Å²) in [5.74, 6) is 0. The van der Waals surface area contributed by atoms with Gasteiger partial charge in [0.25, 0.3) is 0 Å². The molecule has 240 valence electrons. The van der Waals surface area contributed by atoms with Crippen LogP contribution in [-0.4, -0.2) is 25.0 Å². The normalized spacial score (nSPS) is 11.8. The quantitative estimate of drug-likeness (QED) is 0.156. The van der Waals surface area contributed by atoms with Crippen molar-refractivity contribution in [3.63, 3.8) is 0 Å². The Balaban J connectivity index is 0.00000374. The first kappa shape index (κ1) is 32.3. The summed E-state index contributed by atoms with van der Waals surface area (Å²) in [6, 6.07) is 47.9. The number of nitrogens with zero attached hydrogens (tertiary/aromatic N) is 2. The number of aliphatic hydroxyl groups is 1. The Morgan fingerprint density at radius 1 is 0.431 bits per heavy atom. The predicted molar refractivity (Wildman–Crippen MR) is 207 cm³/mol. The zero-order chi connectivity index (χ0) is 33.4. The third kappa shape index (κ3) is 5.89. The van der Waals surface area contributed by atoms with Gasteiger partial charge in [-0.05, 0) is 64.8 Å². The molecule has 6 heteroatoms. The molecule has 0 unspecified atom stereocenters. The molecule has 0 saturated carbocycles. The standard InChI is InChI=1S/C45H32N4O.Zn/c50-28-34-35-21-22-36(46-35)42(30-15-7-2-8-16-30)37-23-24-38(47-37)43(31-17-9-3-10-18-31)39-25-26-40(48-39)44(32-19-11-4-12-20-32)45-33(27-41(34)49-45)29-13-5-1-6-14-29;/h1-27,47,49-50H,28H2;. The Kier molecular flexibility index (Phi) is 8.71. The van der Waals surface area contributed by atoms with E-state index in [0.717, 1.165) is 89.2 Å². The zero-order valence-electron chi connectivity index (χ0n) is 27.8. The van der Waals surface area contributed by atoms with Crippen LogP contribution in [0.1, 0.15) is 28.3 Å². The fourth-order valence-corrected chi connectivity index (χ4v) is 7.08. The van der Waals surface area contributed by atoms with E-state index in [0.29, 0.717) is 5.69 Å². The van der Waals surface area contributed by atoms with E-state index in [9.17, 15) is 5.11 Å². The average Bonchev–Trinajstić information content (AvgIpc) is 4.01. The molecule has 3 aromatic heterocycles. The van der Waals surface area contributed by atoms with E-state index in [2.05, 4.69) is 125 Å². The second-order valence-corrected chi connectivity index (χ2v) is 12.4. The van der Waals surface area contributed by atoms with Gasteiger partial charge in [0.05, 0.1) is 34.9 Å². The van der Waals surface area contributed by atoms with E-state index in [1.165, 1.54) is 0 Å². The number of benzene rings is 4. The van der Waals surface area contributed by atoms with Gasteiger partial charge in [-0.1, -0.05) is 121 Å². The molecule has 51 heavy (non-hydrogen) atoms. The Hall–Kier alpha value is -5.94. The number of nitrogens with one attached hydrogen (secondary N) is 2. The molecule has 9 rings (SSSR count). The maximum atomic E-state index is 10.9. The van der Waals surface area contributed by atoms with Gasteiger partial charge in [-0.25, -0.2) is 9.97 Å². The maximum absolute atomic E-state index is 10.9. The topological polar surface area (TPSA) is 77.6 Å². The zero-order valence-corrected chi connectivity index (χ0v) is 30.8. The maximum Gasteiger partial charge on any atom is 0.0737 e. The van der Waals surface area contributed by atoms with Gasteiger partial charge in [0.15, 0.2) is 0 Å². The molecule has 2 aliphatic heterocycles. The number of aliphatic hydroxyl groups excluding tert-OH is 1. The minimum absolute atomic E-state index is 0. The van der Waals surface area contributed by atoms with E-state index < -0.39 is 0 Å². The molecule has 0 saturated heterocycles. The summed E-state index contributed by atoms with van der Waals surface area (Å²) >= 11 is 0. The first-order chi connectivity index (χ1) is 24.7. The SMILES string of the molecule is OCc1c2nc(c(-c3ccccc3)c3ccc([nH]3)c(-c3ccccc3)c3nc(c(-c4ccccc4)c4[nH]c1cc4-c1ccccc1)C=C3)C=C2.[Zn]. The van der Waals surface area contributed by atoms with Crippen LogP contribution in [0.25, 0.3) is 90.9 Å². The molecule has 3 N–H and O–H groups in total. The van der Waals surface area contributed by atoms with Crippen molar-refractivity contribution >= 4 is 46.4 Å². The van der Waals surface area contributed by atoms with Crippen LogP contribution in [0.15, 0.2) is 140 Å². The van der Waals surface area contributed by atoms with Gasteiger partial charge in [-0.2, -0.15) is 0 Å². The third-order valence-corrected chi connectivity index (χ3v) is 9.41. The Labute approximate surface area is 308 Å². The Morgan fingerprint density at radius 2 is 0.843 bits per heavy atom. The molecule has 0 atom stereocenters.